The molecular weight excluding hydrogens is 230 g/mol. The lowest BCUT2D eigenvalue weighted by molar-refractivity contribution is 0.643. The summed E-state index contributed by atoms with van der Waals surface area (Å²) in [6.07, 6.45) is 1.96. The van der Waals surface area contributed by atoms with Crippen molar-refractivity contribution in [3.05, 3.63) is 68.5 Å². The van der Waals surface area contributed by atoms with Gasteiger partial charge in [-0.05, 0) is 12.0 Å². The van der Waals surface area contributed by atoms with Gasteiger partial charge in [0, 0.05) is 12.7 Å². The number of benzene rings is 1. The number of aromatic amines is 1. The third-order valence-corrected chi connectivity index (χ3v) is 2.62. The number of nitriles is 1. The van der Waals surface area contributed by atoms with Crippen molar-refractivity contribution in [1.29, 1.82) is 5.26 Å². The van der Waals surface area contributed by atoms with Crippen LogP contribution < -0.4 is 11.2 Å². The van der Waals surface area contributed by atoms with Gasteiger partial charge in [0.2, 0.25) is 0 Å². The fourth-order valence-electron chi connectivity index (χ4n) is 1.65. The van der Waals surface area contributed by atoms with Gasteiger partial charge in [-0.15, -0.1) is 0 Å². The number of rotatable bonds is 3. The Kier molecular flexibility index (Phi) is 3.39. The van der Waals surface area contributed by atoms with Gasteiger partial charge in [-0.2, -0.15) is 5.26 Å². The van der Waals surface area contributed by atoms with E-state index in [1.54, 1.807) is 6.07 Å². The summed E-state index contributed by atoms with van der Waals surface area (Å²) in [5, 5.41) is 8.73. The Morgan fingerprint density at radius 1 is 1.22 bits per heavy atom. The molecule has 1 aromatic carbocycles. The molecule has 1 N–H and O–H groups in total. The summed E-state index contributed by atoms with van der Waals surface area (Å²) in [4.78, 5) is 24.9. The van der Waals surface area contributed by atoms with E-state index in [1.807, 2.05) is 30.3 Å². The highest BCUT2D eigenvalue weighted by Crippen LogP contribution is 2.00. The van der Waals surface area contributed by atoms with Crippen LogP contribution in [0.3, 0.4) is 0 Å². The predicted molar refractivity (Wildman–Crippen MR) is 66.2 cm³/mol. The fourth-order valence-corrected chi connectivity index (χ4v) is 1.65. The standard InChI is InChI=1S/C13H11N3O2/c14-8-11-9-16(13(18)15-12(11)17)7-6-10-4-2-1-3-5-10/h1-5,9H,6-7H2,(H,15,17,18). The van der Waals surface area contributed by atoms with Gasteiger partial charge in [0.05, 0.1) is 0 Å². The summed E-state index contributed by atoms with van der Waals surface area (Å²) in [5.41, 5.74) is -0.0924. The maximum Gasteiger partial charge on any atom is 0.328 e. The summed E-state index contributed by atoms with van der Waals surface area (Å²) in [5.74, 6) is 0. The van der Waals surface area contributed by atoms with Crippen LogP contribution >= 0.6 is 0 Å². The monoisotopic (exact) mass is 241 g/mol. The zero-order valence-electron chi connectivity index (χ0n) is 9.59. The molecule has 0 atom stereocenters. The first-order valence-corrected chi connectivity index (χ1v) is 5.48. The van der Waals surface area contributed by atoms with E-state index in [4.69, 9.17) is 5.26 Å². The topological polar surface area (TPSA) is 78.7 Å². The molecule has 2 rings (SSSR count). The molecule has 1 heterocycles. The smallest absolute Gasteiger partial charge is 0.299 e. The molecule has 0 fully saturated rings. The van der Waals surface area contributed by atoms with Crippen molar-refractivity contribution in [3.8, 4) is 6.07 Å². The van der Waals surface area contributed by atoms with Gasteiger partial charge in [0.15, 0.2) is 0 Å². The zero-order valence-corrected chi connectivity index (χ0v) is 9.59. The maximum absolute atomic E-state index is 11.5. The lowest BCUT2D eigenvalue weighted by Gasteiger charge is -2.05. The number of aromatic nitrogens is 2. The van der Waals surface area contributed by atoms with Gasteiger partial charge in [0.1, 0.15) is 11.6 Å². The van der Waals surface area contributed by atoms with Gasteiger partial charge in [-0.25, -0.2) is 4.79 Å². The first kappa shape index (κ1) is 11.9. The third-order valence-electron chi connectivity index (χ3n) is 2.62. The average Bonchev–Trinajstić information content (AvgIpc) is 2.39. The van der Waals surface area contributed by atoms with E-state index in [0.29, 0.717) is 13.0 Å². The minimum Gasteiger partial charge on any atom is -0.299 e. The lowest BCUT2D eigenvalue weighted by Crippen LogP contribution is -2.31. The number of nitrogens with zero attached hydrogens (tertiary/aromatic N) is 2. The van der Waals surface area contributed by atoms with Crippen molar-refractivity contribution in [2.45, 2.75) is 13.0 Å². The van der Waals surface area contributed by atoms with Crippen molar-refractivity contribution < 1.29 is 0 Å². The quantitative estimate of drug-likeness (QED) is 0.856. The summed E-state index contributed by atoms with van der Waals surface area (Å²) >= 11 is 0. The number of H-pyrrole nitrogens is 1. The Labute approximate surface area is 103 Å². The van der Waals surface area contributed by atoms with Gasteiger partial charge in [-0.1, -0.05) is 30.3 Å². The molecule has 0 aliphatic heterocycles. The summed E-state index contributed by atoms with van der Waals surface area (Å²) in [7, 11) is 0. The molecule has 0 bridgehead atoms. The molecule has 0 spiro atoms. The van der Waals surface area contributed by atoms with Gasteiger partial charge in [0.25, 0.3) is 5.56 Å². The number of hydrogen-bond acceptors (Lipinski definition) is 3. The van der Waals surface area contributed by atoms with E-state index >= 15 is 0 Å². The van der Waals surface area contributed by atoms with Gasteiger partial charge in [-0.3, -0.25) is 14.3 Å². The molecule has 18 heavy (non-hydrogen) atoms. The van der Waals surface area contributed by atoms with Crippen LogP contribution in [0.25, 0.3) is 0 Å². The summed E-state index contributed by atoms with van der Waals surface area (Å²) in [6.45, 7) is 0.425. The third kappa shape index (κ3) is 2.55. The molecule has 0 aliphatic rings. The Morgan fingerprint density at radius 3 is 2.61 bits per heavy atom. The van der Waals surface area contributed by atoms with Crippen molar-refractivity contribution in [2.24, 2.45) is 0 Å². The maximum atomic E-state index is 11.5. The number of hydrogen-bond donors (Lipinski definition) is 1. The minimum absolute atomic E-state index is 0.0531. The number of aryl methyl sites for hydroxylation is 2. The van der Waals surface area contributed by atoms with Crippen molar-refractivity contribution in [2.75, 3.05) is 0 Å². The molecule has 0 saturated heterocycles. The van der Waals surface area contributed by atoms with E-state index in [0.717, 1.165) is 5.56 Å². The first-order valence-electron chi connectivity index (χ1n) is 5.48. The normalized spacial score (nSPS) is 9.94. The second kappa shape index (κ2) is 5.15. The lowest BCUT2D eigenvalue weighted by atomic mass is 10.1. The van der Waals surface area contributed by atoms with E-state index < -0.39 is 11.2 Å². The summed E-state index contributed by atoms with van der Waals surface area (Å²) < 4.78 is 1.34. The average molecular weight is 241 g/mol. The molecule has 5 nitrogen and oxygen atoms in total. The van der Waals surface area contributed by atoms with E-state index in [-0.39, 0.29) is 5.56 Å². The Balaban J connectivity index is 2.23. The van der Waals surface area contributed by atoms with Crippen LogP contribution in [0.2, 0.25) is 0 Å². The van der Waals surface area contributed by atoms with Crippen molar-refractivity contribution >= 4 is 0 Å². The zero-order chi connectivity index (χ0) is 13.0. The van der Waals surface area contributed by atoms with Crippen LogP contribution in [-0.2, 0) is 13.0 Å². The fraction of sp³-hybridized carbons (Fsp3) is 0.154. The van der Waals surface area contributed by atoms with E-state index in [1.165, 1.54) is 10.8 Å². The molecule has 0 amide bonds. The van der Waals surface area contributed by atoms with E-state index in [2.05, 4.69) is 4.98 Å². The van der Waals surface area contributed by atoms with Crippen LogP contribution in [0.4, 0.5) is 0 Å². The SMILES string of the molecule is N#Cc1cn(CCc2ccccc2)c(=O)[nH]c1=O. The number of nitrogens with one attached hydrogen (secondary N) is 1. The van der Waals surface area contributed by atoms with Crippen LogP contribution in [0.1, 0.15) is 11.1 Å². The molecule has 0 saturated carbocycles. The minimum atomic E-state index is -0.640. The highest BCUT2D eigenvalue weighted by molar-refractivity contribution is 5.22. The van der Waals surface area contributed by atoms with Crippen LogP contribution in [0, 0.1) is 11.3 Å². The highest BCUT2D eigenvalue weighted by Gasteiger charge is 2.03. The van der Waals surface area contributed by atoms with Crippen LogP contribution in [-0.4, -0.2) is 9.55 Å². The molecule has 90 valence electrons. The van der Waals surface area contributed by atoms with Crippen molar-refractivity contribution in [3.63, 3.8) is 0 Å². The van der Waals surface area contributed by atoms with Gasteiger partial charge < -0.3 is 0 Å². The molecule has 0 aliphatic carbocycles. The molecular formula is C13H11N3O2. The summed E-state index contributed by atoms with van der Waals surface area (Å²) in [6, 6.07) is 11.4. The van der Waals surface area contributed by atoms with E-state index in [9.17, 15) is 9.59 Å². The predicted octanol–water partition coefficient (Wildman–Crippen LogP) is 0.651. The van der Waals surface area contributed by atoms with Crippen molar-refractivity contribution in [1.82, 2.24) is 9.55 Å². The Bertz CT molecular complexity index is 693. The van der Waals surface area contributed by atoms with Gasteiger partial charge >= 0.3 is 5.69 Å². The molecule has 2 aromatic rings. The molecule has 0 radical (unpaired) electrons. The molecule has 1 aromatic heterocycles. The second-order valence-electron chi connectivity index (χ2n) is 3.84. The Hall–Kier alpha value is -2.61. The largest absolute Gasteiger partial charge is 0.328 e. The molecule has 5 heteroatoms. The van der Waals surface area contributed by atoms with Crippen LogP contribution in [0.5, 0.6) is 0 Å². The first-order chi connectivity index (χ1) is 8.70. The van der Waals surface area contributed by atoms with Crippen LogP contribution in [0.15, 0.2) is 46.1 Å². The highest BCUT2D eigenvalue weighted by atomic mass is 16.2. The Morgan fingerprint density at radius 2 is 1.94 bits per heavy atom. The molecule has 0 unspecified atom stereocenters. The second-order valence-corrected chi connectivity index (χ2v) is 3.84.